The van der Waals surface area contributed by atoms with Crippen LogP contribution in [-0.2, 0) is 10.0 Å². The number of carbonyl (C=O) groups is 1. The van der Waals surface area contributed by atoms with Gasteiger partial charge in [-0.1, -0.05) is 0 Å². The highest BCUT2D eigenvalue weighted by Crippen LogP contribution is 2.29. The number of aromatic nitrogens is 1. The summed E-state index contributed by atoms with van der Waals surface area (Å²) in [5, 5.41) is 3.04. The van der Waals surface area contributed by atoms with E-state index in [-0.39, 0.29) is 22.8 Å². The molecule has 1 atom stereocenters. The van der Waals surface area contributed by atoms with Crippen LogP contribution in [0.1, 0.15) is 48.0 Å². The highest BCUT2D eigenvalue weighted by atomic mass is 32.2. The van der Waals surface area contributed by atoms with Gasteiger partial charge in [-0.2, -0.15) is 4.31 Å². The molecular weight excluding hydrogens is 382 g/mol. The lowest BCUT2D eigenvalue weighted by Gasteiger charge is -2.32. The number of carbonyl (C=O) groups excluding carboxylic acids is 1. The number of thiazole rings is 1. The topological polar surface area (TPSA) is 70.6 Å². The van der Waals surface area contributed by atoms with Crippen molar-refractivity contribution in [3.8, 4) is 0 Å². The van der Waals surface area contributed by atoms with E-state index in [0.717, 1.165) is 24.4 Å². The molecule has 0 bridgehead atoms. The van der Waals surface area contributed by atoms with Crippen LogP contribution >= 0.6 is 11.3 Å². The molecule has 0 N–H and O–H groups in total. The molecular formula is C19H25N3O3S2. The standard InChI is InChI=1S/C19H25N3O3S2/c1-14(2)21(3)27(24,25)17-8-6-15(7-9-17)19(23)22-11-4-5-16(13-22)18-20-10-12-26-18/h6-10,12,14,16H,4-5,11,13H2,1-3H3. The van der Waals surface area contributed by atoms with Crippen LogP contribution in [0.5, 0.6) is 0 Å². The molecule has 3 rings (SSSR count). The van der Waals surface area contributed by atoms with Crippen molar-refractivity contribution in [2.45, 2.75) is 43.5 Å². The van der Waals surface area contributed by atoms with Crippen molar-refractivity contribution < 1.29 is 13.2 Å². The highest BCUT2D eigenvalue weighted by Gasteiger charge is 2.28. The number of hydrogen-bond donors (Lipinski definition) is 0. The largest absolute Gasteiger partial charge is 0.338 e. The minimum absolute atomic E-state index is 0.0579. The van der Waals surface area contributed by atoms with E-state index in [1.807, 2.05) is 24.1 Å². The highest BCUT2D eigenvalue weighted by molar-refractivity contribution is 7.89. The quantitative estimate of drug-likeness (QED) is 0.763. The molecule has 6 nitrogen and oxygen atoms in total. The Morgan fingerprint density at radius 3 is 2.59 bits per heavy atom. The molecule has 8 heteroatoms. The summed E-state index contributed by atoms with van der Waals surface area (Å²) in [6, 6.07) is 6.12. The molecule has 27 heavy (non-hydrogen) atoms. The Morgan fingerprint density at radius 1 is 1.30 bits per heavy atom. The Bertz CT molecular complexity index is 877. The van der Waals surface area contributed by atoms with Crippen molar-refractivity contribution in [3.05, 3.63) is 46.4 Å². The molecule has 2 heterocycles. The summed E-state index contributed by atoms with van der Waals surface area (Å²) < 4.78 is 26.4. The van der Waals surface area contributed by atoms with Crippen molar-refractivity contribution in [3.63, 3.8) is 0 Å². The fraction of sp³-hybridized carbons (Fsp3) is 0.474. The van der Waals surface area contributed by atoms with Gasteiger partial charge in [0.05, 0.1) is 9.90 Å². The van der Waals surface area contributed by atoms with E-state index >= 15 is 0 Å². The molecule has 1 aliphatic rings. The molecule has 0 radical (unpaired) electrons. The fourth-order valence-corrected chi connectivity index (χ4v) is 5.33. The lowest BCUT2D eigenvalue weighted by Crippen LogP contribution is -2.39. The Labute approximate surface area is 164 Å². The van der Waals surface area contributed by atoms with Crippen molar-refractivity contribution >= 4 is 27.3 Å². The van der Waals surface area contributed by atoms with E-state index in [1.165, 1.54) is 16.4 Å². The number of rotatable bonds is 5. The molecule has 0 aliphatic carbocycles. The molecule has 0 spiro atoms. The fourth-order valence-electron chi connectivity index (χ4n) is 3.20. The predicted octanol–water partition coefficient (Wildman–Crippen LogP) is 3.19. The molecule has 2 aromatic rings. The van der Waals surface area contributed by atoms with Gasteiger partial charge in [-0.25, -0.2) is 13.4 Å². The molecule has 1 aliphatic heterocycles. The third-order valence-corrected chi connectivity index (χ3v) is 8.00. The number of sulfonamides is 1. The third kappa shape index (κ3) is 4.23. The Morgan fingerprint density at radius 2 is 2.00 bits per heavy atom. The molecule has 1 aromatic heterocycles. The van der Waals surface area contributed by atoms with Crippen molar-refractivity contribution in [1.82, 2.24) is 14.2 Å². The van der Waals surface area contributed by atoms with E-state index < -0.39 is 10.0 Å². The van der Waals surface area contributed by atoms with Gasteiger partial charge in [0.25, 0.3) is 5.91 Å². The average Bonchev–Trinajstić information content (AvgIpc) is 3.21. The maximum Gasteiger partial charge on any atom is 0.253 e. The Kier molecular flexibility index (Phi) is 5.98. The monoisotopic (exact) mass is 407 g/mol. The van der Waals surface area contributed by atoms with E-state index in [0.29, 0.717) is 12.1 Å². The summed E-state index contributed by atoms with van der Waals surface area (Å²) in [5.74, 6) is 0.222. The van der Waals surface area contributed by atoms with E-state index in [9.17, 15) is 13.2 Å². The molecule has 1 amide bonds. The van der Waals surface area contributed by atoms with Gasteiger partial charge < -0.3 is 4.90 Å². The van der Waals surface area contributed by atoms with Gasteiger partial charge in [0.15, 0.2) is 0 Å². The SMILES string of the molecule is CC(C)N(C)S(=O)(=O)c1ccc(C(=O)N2CCCC(c3nccs3)C2)cc1. The van der Waals surface area contributed by atoms with Crippen LogP contribution < -0.4 is 0 Å². The summed E-state index contributed by atoms with van der Waals surface area (Å²) in [6.07, 6.45) is 3.78. The lowest BCUT2D eigenvalue weighted by molar-refractivity contribution is 0.0707. The van der Waals surface area contributed by atoms with Gasteiger partial charge in [-0.15, -0.1) is 11.3 Å². The van der Waals surface area contributed by atoms with Gasteiger partial charge in [0, 0.05) is 49.2 Å². The molecule has 1 aromatic carbocycles. The van der Waals surface area contributed by atoms with Gasteiger partial charge in [-0.05, 0) is 51.0 Å². The van der Waals surface area contributed by atoms with Crippen LogP contribution in [0.2, 0.25) is 0 Å². The smallest absolute Gasteiger partial charge is 0.253 e. The second-order valence-corrected chi connectivity index (χ2v) is 10.0. The van der Waals surface area contributed by atoms with Crippen LogP contribution in [0.25, 0.3) is 0 Å². The van der Waals surface area contributed by atoms with Crippen LogP contribution in [0.4, 0.5) is 0 Å². The normalized spacial score (nSPS) is 18.3. The number of likely N-dealkylation sites (tertiary alicyclic amines) is 1. The zero-order chi connectivity index (χ0) is 19.6. The molecule has 0 saturated carbocycles. The second-order valence-electron chi connectivity index (χ2n) is 7.10. The lowest BCUT2D eigenvalue weighted by atomic mass is 9.98. The second kappa shape index (κ2) is 8.08. The van der Waals surface area contributed by atoms with Crippen LogP contribution in [-0.4, -0.2) is 54.7 Å². The molecule has 1 saturated heterocycles. The zero-order valence-electron chi connectivity index (χ0n) is 15.8. The van der Waals surface area contributed by atoms with E-state index in [4.69, 9.17) is 0 Å². The molecule has 146 valence electrons. The maximum absolute atomic E-state index is 12.9. The van der Waals surface area contributed by atoms with Crippen LogP contribution in [0.3, 0.4) is 0 Å². The van der Waals surface area contributed by atoms with E-state index in [1.54, 1.807) is 36.7 Å². The Balaban J connectivity index is 1.74. The summed E-state index contributed by atoms with van der Waals surface area (Å²) in [7, 11) is -1.98. The first-order valence-corrected chi connectivity index (χ1v) is 11.4. The predicted molar refractivity (Wildman–Crippen MR) is 107 cm³/mol. The first-order chi connectivity index (χ1) is 12.8. The molecule has 1 fully saturated rings. The number of piperidine rings is 1. The molecule has 1 unspecified atom stereocenters. The summed E-state index contributed by atoms with van der Waals surface area (Å²) in [5.41, 5.74) is 0.515. The van der Waals surface area contributed by atoms with Crippen molar-refractivity contribution in [1.29, 1.82) is 0 Å². The maximum atomic E-state index is 12.9. The van der Waals surface area contributed by atoms with Crippen molar-refractivity contribution in [2.75, 3.05) is 20.1 Å². The summed E-state index contributed by atoms with van der Waals surface area (Å²) in [4.78, 5) is 19.3. The van der Waals surface area contributed by atoms with Crippen LogP contribution in [0, 0.1) is 0 Å². The zero-order valence-corrected chi connectivity index (χ0v) is 17.5. The third-order valence-electron chi connectivity index (χ3n) is 5.01. The summed E-state index contributed by atoms with van der Waals surface area (Å²) >= 11 is 1.63. The minimum atomic E-state index is -3.54. The first kappa shape index (κ1) is 20.0. The average molecular weight is 408 g/mol. The number of amides is 1. The van der Waals surface area contributed by atoms with Gasteiger partial charge in [-0.3, -0.25) is 4.79 Å². The van der Waals surface area contributed by atoms with Crippen LogP contribution in [0.15, 0.2) is 40.7 Å². The number of benzene rings is 1. The van der Waals surface area contributed by atoms with Gasteiger partial charge in [0.1, 0.15) is 0 Å². The summed E-state index contributed by atoms with van der Waals surface area (Å²) in [6.45, 7) is 5.02. The first-order valence-electron chi connectivity index (χ1n) is 9.07. The number of hydrogen-bond acceptors (Lipinski definition) is 5. The van der Waals surface area contributed by atoms with Gasteiger partial charge >= 0.3 is 0 Å². The van der Waals surface area contributed by atoms with Gasteiger partial charge in [0.2, 0.25) is 10.0 Å². The van der Waals surface area contributed by atoms with Crippen molar-refractivity contribution in [2.24, 2.45) is 0 Å². The number of nitrogens with zero attached hydrogens (tertiary/aromatic N) is 3. The Hall–Kier alpha value is -1.77. The minimum Gasteiger partial charge on any atom is -0.338 e. The van der Waals surface area contributed by atoms with E-state index in [2.05, 4.69) is 4.98 Å².